The van der Waals surface area contributed by atoms with Crippen molar-refractivity contribution < 1.29 is 9.90 Å². The van der Waals surface area contributed by atoms with Crippen LogP contribution in [0.2, 0.25) is 0 Å². The molecule has 23 heavy (non-hydrogen) atoms. The standard InChI is InChI=1S/C16H11N5O2/c17-20-19-13-6-4-11(5-7-13)15-9-21(10-18-15)14-3-1-2-12(8-14)16(22)23/h1-10H,(H,22,23). The van der Waals surface area contributed by atoms with Gasteiger partial charge >= 0.3 is 5.97 Å². The maximum Gasteiger partial charge on any atom is 0.335 e. The molecule has 3 rings (SSSR count). The number of aromatic nitrogens is 2. The van der Waals surface area contributed by atoms with Gasteiger partial charge in [-0.3, -0.25) is 0 Å². The third-order valence-corrected chi connectivity index (χ3v) is 3.30. The minimum Gasteiger partial charge on any atom is -0.478 e. The summed E-state index contributed by atoms with van der Waals surface area (Å²) in [5.41, 5.74) is 11.5. The van der Waals surface area contributed by atoms with Crippen LogP contribution in [0, 0.1) is 0 Å². The Morgan fingerprint density at radius 2 is 2.00 bits per heavy atom. The van der Waals surface area contributed by atoms with Crippen LogP contribution >= 0.6 is 0 Å². The van der Waals surface area contributed by atoms with Crippen LogP contribution in [0.3, 0.4) is 0 Å². The summed E-state index contributed by atoms with van der Waals surface area (Å²) < 4.78 is 1.75. The van der Waals surface area contributed by atoms with Crippen LogP contribution in [0.4, 0.5) is 5.69 Å². The molecule has 0 saturated carbocycles. The van der Waals surface area contributed by atoms with Gasteiger partial charge in [0.15, 0.2) is 0 Å². The van der Waals surface area contributed by atoms with Crippen molar-refractivity contribution in [2.45, 2.75) is 0 Å². The number of nitrogens with zero attached hydrogens (tertiary/aromatic N) is 5. The Balaban J connectivity index is 1.92. The Labute approximate surface area is 131 Å². The van der Waals surface area contributed by atoms with Crippen LogP contribution in [-0.2, 0) is 0 Å². The van der Waals surface area contributed by atoms with E-state index in [9.17, 15) is 4.79 Å². The number of benzene rings is 2. The number of azide groups is 1. The topological polar surface area (TPSA) is 104 Å². The molecule has 7 heteroatoms. The van der Waals surface area contributed by atoms with E-state index >= 15 is 0 Å². The van der Waals surface area contributed by atoms with Crippen molar-refractivity contribution in [1.29, 1.82) is 0 Å². The highest BCUT2D eigenvalue weighted by atomic mass is 16.4. The summed E-state index contributed by atoms with van der Waals surface area (Å²) in [4.78, 5) is 18.1. The summed E-state index contributed by atoms with van der Waals surface area (Å²) >= 11 is 0. The van der Waals surface area contributed by atoms with Crippen LogP contribution in [0.5, 0.6) is 0 Å². The minimum absolute atomic E-state index is 0.219. The summed E-state index contributed by atoms with van der Waals surface area (Å²) in [6.07, 6.45) is 3.43. The molecule has 0 bridgehead atoms. The predicted octanol–water partition coefficient (Wildman–Crippen LogP) is 4.18. The zero-order chi connectivity index (χ0) is 16.2. The normalized spacial score (nSPS) is 10.1. The van der Waals surface area contributed by atoms with E-state index in [4.69, 9.17) is 10.6 Å². The molecule has 0 spiro atoms. The zero-order valence-corrected chi connectivity index (χ0v) is 11.9. The van der Waals surface area contributed by atoms with Gasteiger partial charge < -0.3 is 9.67 Å². The number of aromatic carboxylic acids is 1. The lowest BCUT2D eigenvalue weighted by molar-refractivity contribution is 0.0697. The summed E-state index contributed by atoms with van der Waals surface area (Å²) in [6.45, 7) is 0. The molecule has 112 valence electrons. The number of carboxylic acid groups (broad SMARTS) is 1. The highest BCUT2D eigenvalue weighted by molar-refractivity contribution is 5.88. The van der Waals surface area contributed by atoms with E-state index in [1.165, 1.54) is 6.07 Å². The second-order valence-electron chi connectivity index (χ2n) is 4.76. The van der Waals surface area contributed by atoms with Crippen LogP contribution in [0.25, 0.3) is 27.4 Å². The van der Waals surface area contributed by atoms with E-state index in [0.29, 0.717) is 11.4 Å². The van der Waals surface area contributed by atoms with Gasteiger partial charge in [0.2, 0.25) is 0 Å². The van der Waals surface area contributed by atoms with Crippen molar-refractivity contribution in [2.24, 2.45) is 5.11 Å². The minimum atomic E-state index is -0.971. The number of carboxylic acids is 1. The van der Waals surface area contributed by atoms with Gasteiger partial charge in [-0.25, -0.2) is 9.78 Å². The molecule has 2 aromatic carbocycles. The van der Waals surface area contributed by atoms with Crippen molar-refractivity contribution >= 4 is 11.7 Å². The van der Waals surface area contributed by atoms with Gasteiger partial charge in [-0.05, 0) is 23.7 Å². The third kappa shape index (κ3) is 3.04. The highest BCUT2D eigenvalue weighted by Crippen LogP contribution is 2.22. The van der Waals surface area contributed by atoms with Crippen molar-refractivity contribution in [3.8, 4) is 16.9 Å². The first-order valence-electron chi connectivity index (χ1n) is 6.70. The Bertz CT molecular complexity index is 908. The Morgan fingerprint density at radius 3 is 2.70 bits per heavy atom. The van der Waals surface area contributed by atoms with Crippen molar-refractivity contribution in [3.05, 3.63) is 77.1 Å². The number of hydrogen-bond acceptors (Lipinski definition) is 3. The molecule has 3 aromatic rings. The van der Waals surface area contributed by atoms with Crippen LogP contribution in [0.1, 0.15) is 10.4 Å². The first kappa shape index (κ1) is 14.4. The fraction of sp³-hybridized carbons (Fsp3) is 0. The molecule has 0 radical (unpaired) electrons. The molecule has 0 saturated heterocycles. The molecule has 0 amide bonds. The molecule has 0 aliphatic rings. The van der Waals surface area contributed by atoms with Crippen LogP contribution < -0.4 is 0 Å². The third-order valence-electron chi connectivity index (χ3n) is 3.30. The van der Waals surface area contributed by atoms with Gasteiger partial charge in [0, 0.05) is 28.0 Å². The molecule has 1 heterocycles. The van der Waals surface area contributed by atoms with E-state index in [1.807, 2.05) is 24.4 Å². The Hall–Kier alpha value is -3.57. The predicted molar refractivity (Wildman–Crippen MR) is 84.8 cm³/mol. The number of hydrogen-bond donors (Lipinski definition) is 1. The van der Waals surface area contributed by atoms with Crippen molar-refractivity contribution in [3.63, 3.8) is 0 Å². The van der Waals surface area contributed by atoms with E-state index in [2.05, 4.69) is 15.0 Å². The fourth-order valence-electron chi connectivity index (χ4n) is 2.16. The van der Waals surface area contributed by atoms with Crippen LogP contribution in [-0.4, -0.2) is 20.6 Å². The molecular formula is C16H11N5O2. The van der Waals surface area contributed by atoms with Gasteiger partial charge in [-0.15, -0.1) is 0 Å². The molecule has 1 N–H and O–H groups in total. The van der Waals surface area contributed by atoms with Gasteiger partial charge in [-0.2, -0.15) is 0 Å². The lowest BCUT2D eigenvalue weighted by atomic mass is 10.1. The zero-order valence-electron chi connectivity index (χ0n) is 11.9. The molecule has 0 unspecified atom stereocenters. The largest absolute Gasteiger partial charge is 0.478 e. The van der Waals surface area contributed by atoms with Crippen LogP contribution in [0.15, 0.2) is 66.2 Å². The highest BCUT2D eigenvalue weighted by Gasteiger charge is 2.07. The molecule has 7 nitrogen and oxygen atoms in total. The lowest BCUT2D eigenvalue weighted by Crippen LogP contribution is -1.98. The second kappa shape index (κ2) is 6.05. The number of rotatable bonds is 4. The maximum atomic E-state index is 11.0. The molecule has 0 fully saturated rings. The first-order valence-corrected chi connectivity index (χ1v) is 6.70. The fourth-order valence-corrected chi connectivity index (χ4v) is 2.16. The average Bonchev–Trinajstić information content (AvgIpc) is 3.06. The number of imidazole rings is 1. The first-order chi connectivity index (χ1) is 11.2. The SMILES string of the molecule is [N-]=[N+]=Nc1ccc(-c2cn(-c3cccc(C(=O)O)c3)cn2)cc1. The average molecular weight is 305 g/mol. The van der Waals surface area contributed by atoms with Crippen molar-refractivity contribution in [2.75, 3.05) is 0 Å². The maximum absolute atomic E-state index is 11.0. The van der Waals surface area contributed by atoms with Crippen molar-refractivity contribution in [1.82, 2.24) is 9.55 Å². The molecule has 1 aromatic heterocycles. The van der Waals surface area contributed by atoms with Gasteiger partial charge in [0.25, 0.3) is 0 Å². The monoisotopic (exact) mass is 305 g/mol. The lowest BCUT2D eigenvalue weighted by Gasteiger charge is -2.03. The summed E-state index contributed by atoms with van der Waals surface area (Å²) in [5.74, 6) is -0.971. The Kier molecular flexibility index (Phi) is 3.78. The van der Waals surface area contributed by atoms with Gasteiger partial charge in [-0.1, -0.05) is 35.4 Å². The van der Waals surface area contributed by atoms with E-state index < -0.39 is 5.97 Å². The summed E-state index contributed by atoms with van der Waals surface area (Å²) in [7, 11) is 0. The molecule has 0 atom stereocenters. The smallest absolute Gasteiger partial charge is 0.335 e. The summed E-state index contributed by atoms with van der Waals surface area (Å²) in [5, 5.41) is 12.6. The van der Waals surface area contributed by atoms with E-state index in [1.54, 1.807) is 35.2 Å². The molecule has 0 aliphatic carbocycles. The van der Waals surface area contributed by atoms with E-state index in [0.717, 1.165) is 11.3 Å². The summed E-state index contributed by atoms with van der Waals surface area (Å²) in [6, 6.07) is 13.7. The van der Waals surface area contributed by atoms with Gasteiger partial charge in [0.05, 0.1) is 17.6 Å². The molecular weight excluding hydrogens is 294 g/mol. The quantitative estimate of drug-likeness (QED) is 0.444. The molecule has 0 aliphatic heterocycles. The second-order valence-corrected chi connectivity index (χ2v) is 4.76. The van der Waals surface area contributed by atoms with Gasteiger partial charge in [0.1, 0.15) is 0 Å². The van der Waals surface area contributed by atoms with E-state index in [-0.39, 0.29) is 5.56 Å². The number of carbonyl (C=O) groups is 1. The Morgan fingerprint density at radius 1 is 1.22 bits per heavy atom.